The Morgan fingerprint density at radius 1 is 0.744 bits per heavy atom. The van der Waals surface area contributed by atoms with E-state index >= 15 is 0 Å². The summed E-state index contributed by atoms with van der Waals surface area (Å²) in [6.07, 6.45) is -1.90. The van der Waals surface area contributed by atoms with Crippen LogP contribution >= 0.6 is 0 Å². The van der Waals surface area contributed by atoms with Gasteiger partial charge < -0.3 is 10.2 Å². The summed E-state index contributed by atoms with van der Waals surface area (Å²) in [5.74, 6) is -2.73. The van der Waals surface area contributed by atoms with Crippen LogP contribution in [0.1, 0.15) is 31.8 Å². The number of hydrogen-bond acceptors (Lipinski definition) is 7. The number of pyridine rings is 1. The first kappa shape index (κ1) is 25.3. The molecular weight excluding hydrogens is 519 g/mol. The highest BCUT2D eigenvalue weighted by Gasteiger charge is 2.35. The molecule has 5 aromatic rings. The van der Waals surface area contributed by atoms with Gasteiger partial charge in [-0.15, -0.1) is 10.2 Å². The van der Waals surface area contributed by atoms with E-state index in [4.69, 9.17) is 5.11 Å². The Balaban J connectivity index is 1.44. The van der Waals surface area contributed by atoms with Gasteiger partial charge in [0.15, 0.2) is 0 Å². The zero-order valence-electron chi connectivity index (χ0n) is 19.8. The van der Waals surface area contributed by atoms with Gasteiger partial charge in [-0.25, -0.2) is 23.9 Å². The molecule has 5 rings (SSSR count). The summed E-state index contributed by atoms with van der Waals surface area (Å²) < 4.78 is 42.8. The molecule has 14 heteroatoms. The summed E-state index contributed by atoms with van der Waals surface area (Å²) in [4.78, 5) is 27.0. The third-order valence-corrected chi connectivity index (χ3v) is 5.77. The Labute approximate surface area is 216 Å². The Kier molecular flexibility index (Phi) is 6.14. The van der Waals surface area contributed by atoms with Crippen LogP contribution in [0.3, 0.4) is 0 Å². The standard InChI is InChI=1S/C25H16F3N7O4/c1-13-9-14(5-7-16(13)23(36)37)34-11-21(30-32-34)19-3-2-4-20(29-19)22-12-35(33-31-22)15-6-8-17(24(38)39)18(10-15)25(26,27)28/h2-12H,1H3,(H,36,37)(H,38,39). The van der Waals surface area contributed by atoms with Crippen molar-refractivity contribution in [1.29, 1.82) is 0 Å². The summed E-state index contributed by atoms with van der Waals surface area (Å²) in [6, 6.07) is 12.5. The molecule has 0 aliphatic heterocycles. The number of halogens is 3. The lowest BCUT2D eigenvalue weighted by molar-refractivity contribution is -0.138. The van der Waals surface area contributed by atoms with Crippen LogP contribution in [0.4, 0.5) is 13.2 Å². The van der Waals surface area contributed by atoms with Gasteiger partial charge in [0, 0.05) is 0 Å². The van der Waals surface area contributed by atoms with Gasteiger partial charge in [0.1, 0.15) is 11.4 Å². The highest BCUT2D eigenvalue weighted by atomic mass is 19.4. The highest BCUT2D eigenvalue weighted by Crippen LogP contribution is 2.33. The van der Waals surface area contributed by atoms with E-state index in [1.54, 1.807) is 43.5 Å². The number of carbonyl (C=O) groups is 2. The van der Waals surface area contributed by atoms with Gasteiger partial charge in [-0.3, -0.25) is 0 Å². The van der Waals surface area contributed by atoms with Crippen molar-refractivity contribution in [1.82, 2.24) is 35.0 Å². The summed E-state index contributed by atoms with van der Waals surface area (Å²) in [5.41, 5.74) is 0.558. The fourth-order valence-electron chi connectivity index (χ4n) is 3.86. The summed E-state index contributed by atoms with van der Waals surface area (Å²) in [7, 11) is 0. The fraction of sp³-hybridized carbons (Fsp3) is 0.0800. The van der Waals surface area contributed by atoms with Crippen LogP contribution in [0.15, 0.2) is 67.0 Å². The molecule has 0 aliphatic rings. The quantitative estimate of drug-likeness (QED) is 0.325. The smallest absolute Gasteiger partial charge is 0.417 e. The zero-order chi connectivity index (χ0) is 27.9. The number of aromatic carboxylic acids is 2. The number of carboxylic acids is 2. The summed E-state index contributed by atoms with van der Waals surface area (Å²) in [6.45, 7) is 1.67. The zero-order valence-corrected chi connectivity index (χ0v) is 19.8. The van der Waals surface area contributed by atoms with E-state index in [-0.39, 0.29) is 16.9 Å². The lowest BCUT2D eigenvalue weighted by atomic mass is 10.1. The Morgan fingerprint density at radius 3 is 1.74 bits per heavy atom. The lowest BCUT2D eigenvalue weighted by Gasteiger charge is -2.11. The molecule has 2 N–H and O–H groups in total. The molecule has 3 aromatic heterocycles. The lowest BCUT2D eigenvalue weighted by Crippen LogP contribution is -2.14. The topological polar surface area (TPSA) is 149 Å². The minimum atomic E-state index is -4.88. The average Bonchev–Trinajstić information content (AvgIpc) is 3.58. The monoisotopic (exact) mass is 535 g/mol. The molecule has 0 fully saturated rings. The van der Waals surface area contributed by atoms with Gasteiger partial charge in [0.25, 0.3) is 0 Å². The Hall–Kier alpha value is -5.40. The van der Waals surface area contributed by atoms with Crippen LogP contribution in [-0.2, 0) is 6.18 Å². The molecule has 11 nitrogen and oxygen atoms in total. The van der Waals surface area contributed by atoms with Gasteiger partial charge in [-0.05, 0) is 61.0 Å². The fourth-order valence-corrected chi connectivity index (χ4v) is 3.86. The normalized spacial score (nSPS) is 11.5. The summed E-state index contributed by atoms with van der Waals surface area (Å²) >= 11 is 0. The first-order chi connectivity index (χ1) is 18.5. The number of benzene rings is 2. The number of aryl methyl sites for hydroxylation is 1. The molecule has 196 valence electrons. The van der Waals surface area contributed by atoms with Crippen molar-refractivity contribution in [3.05, 3.63) is 89.2 Å². The number of carboxylic acid groups (broad SMARTS) is 2. The minimum absolute atomic E-state index is 0.0330. The van der Waals surface area contributed by atoms with E-state index in [1.807, 2.05) is 0 Å². The third-order valence-electron chi connectivity index (χ3n) is 5.77. The maximum Gasteiger partial charge on any atom is 0.417 e. The number of nitrogens with zero attached hydrogens (tertiary/aromatic N) is 7. The van der Waals surface area contributed by atoms with Crippen LogP contribution in [0.5, 0.6) is 0 Å². The molecule has 0 bridgehead atoms. The van der Waals surface area contributed by atoms with E-state index < -0.39 is 29.2 Å². The number of rotatable bonds is 6. The largest absolute Gasteiger partial charge is 0.478 e. The second-order valence-corrected chi connectivity index (χ2v) is 8.34. The van der Waals surface area contributed by atoms with Gasteiger partial charge in [-0.1, -0.05) is 16.5 Å². The number of aromatic nitrogens is 7. The molecule has 0 aliphatic carbocycles. The molecule has 0 saturated heterocycles. The molecule has 0 atom stereocenters. The maximum absolute atomic E-state index is 13.4. The minimum Gasteiger partial charge on any atom is -0.478 e. The molecule has 3 heterocycles. The van der Waals surface area contributed by atoms with Crippen LogP contribution in [0.25, 0.3) is 34.2 Å². The van der Waals surface area contributed by atoms with Gasteiger partial charge in [0.05, 0.1) is 51.8 Å². The predicted octanol–water partition coefficient (Wildman–Crippen LogP) is 4.30. The first-order valence-electron chi connectivity index (χ1n) is 11.1. The maximum atomic E-state index is 13.4. The Morgan fingerprint density at radius 2 is 1.26 bits per heavy atom. The molecule has 0 radical (unpaired) electrons. The van der Waals surface area contributed by atoms with E-state index in [0.29, 0.717) is 34.4 Å². The van der Waals surface area contributed by atoms with Gasteiger partial charge in [0.2, 0.25) is 0 Å². The van der Waals surface area contributed by atoms with Crippen molar-refractivity contribution in [2.45, 2.75) is 13.1 Å². The van der Waals surface area contributed by atoms with Gasteiger partial charge in [-0.2, -0.15) is 13.2 Å². The second-order valence-electron chi connectivity index (χ2n) is 8.34. The molecule has 0 amide bonds. The van der Waals surface area contributed by atoms with Gasteiger partial charge >= 0.3 is 18.1 Å². The van der Waals surface area contributed by atoms with Crippen molar-refractivity contribution < 1.29 is 33.0 Å². The van der Waals surface area contributed by atoms with Crippen molar-refractivity contribution in [2.24, 2.45) is 0 Å². The van der Waals surface area contributed by atoms with Crippen molar-refractivity contribution >= 4 is 11.9 Å². The number of hydrogen-bond donors (Lipinski definition) is 2. The summed E-state index contributed by atoms with van der Waals surface area (Å²) in [5, 5.41) is 34.4. The van der Waals surface area contributed by atoms with E-state index in [2.05, 4.69) is 25.6 Å². The van der Waals surface area contributed by atoms with Crippen molar-refractivity contribution in [2.75, 3.05) is 0 Å². The third kappa shape index (κ3) is 4.94. The SMILES string of the molecule is Cc1cc(-n2cc(-c3cccc(-c4cn(-c5ccc(C(=O)O)c(C(F)(F)F)c5)nn4)n3)nn2)ccc1C(=O)O. The number of alkyl halides is 3. The average molecular weight is 535 g/mol. The van der Waals surface area contributed by atoms with Crippen LogP contribution in [0.2, 0.25) is 0 Å². The molecular formula is C25H16F3N7O4. The molecule has 39 heavy (non-hydrogen) atoms. The first-order valence-corrected chi connectivity index (χ1v) is 11.1. The predicted molar refractivity (Wildman–Crippen MR) is 129 cm³/mol. The van der Waals surface area contributed by atoms with E-state index in [0.717, 1.165) is 10.7 Å². The van der Waals surface area contributed by atoms with E-state index in [1.165, 1.54) is 23.0 Å². The molecule has 2 aromatic carbocycles. The van der Waals surface area contributed by atoms with Crippen LogP contribution in [0, 0.1) is 6.92 Å². The second kappa shape index (κ2) is 9.48. The Bertz CT molecular complexity index is 1740. The molecule has 0 saturated carbocycles. The molecule has 0 unspecified atom stereocenters. The van der Waals surface area contributed by atoms with Crippen LogP contribution < -0.4 is 0 Å². The van der Waals surface area contributed by atoms with E-state index in [9.17, 15) is 27.9 Å². The van der Waals surface area contributed by atoms with Crippen LogP contribution in [-0.4, -0.2) is 57.1 Å². The van der Waals surface area contributed by atoms with Crippen molar-refractivity contribution in [3.8, 4) is 34.2 Å². The molecule has 0 spiro atoms. The highest BCUT2D eigenvalue weighted by molar-refractivity contribution is 5.90. The van der Waals surface area contributed by atoms with Crippen molar-refractivity contribution in [3.63, 3.8) is 0 Å².